The summed E-state index contributed by atoms with van der Waals surface area (Å²) in [6.07, 6.45) is -4.47. The first-order valence-electron chi connectivity index (χ1n) is 5.52. The zero-order valence-corrected chi connectivity index (χ0v) is 12.2. The first kappa shape index (κ1) is 15.6. The molecule has 114 valence electrons. The van der Waals surface area contributed by atoms with Crippen LogP contribution in [0.4, 0.5) is 24.0 Å². The minimum Gasteiger partial charge on any atom is -0.375 e. The molecule has 0 bridgehead atoms. The van der Waals surface area contributed by atoms with Crippen molar-refractivity contribution >= 4 is 32.2 Å². The van der Waals surface area contributed by atoms with Gasteiger partial charge in [0.2, 0.25) is 0 Å². The summed E-state index contributed by atoms with van der Waals surface area (Å²) in [7, 11) is -3.93. The molecule has 0 amide bonds. The summed E-state index contributed by atoms with van der Waals surface area (Å²) in [5.41, 5.74) is 4.83. The molecule has 21 heavy (non-hydrogen) atoms. The quantitative estimate of drug-likeness (QED) is 0.902. The Morgan fingerprint density at radius 3 is 2.24 bits per heavy atom. The molecular weight excluding hydrogens is 327 g/mol. The number of hydrogen-bond acceptors (Lipinski definition) is 5. The van der Waals surface area contributed by atoms with Gasteiger partial charge in [-0.15, -0.1) is 0 Å². The maximum atomic E-state index is 12.4. The smallest absolute Gasteiger partial charge is 0.375 e. The molecule has 2 aromatic rings. The number of nitrogens with zero attached hydrogens (tertiary/aromatic N) is 1. The van der Waals surface area contributed by atoms with Crippen molar-refractivity contribution in [3.63, 3.8) is 0 Å². The summed E-state index contributed by atoms with van der Waals surface area (Å²) in [5.74, 6) is 0. The van der Waals surface area contributed by atoms with E-state index in [2.05, 4.69) is 9.71 Å². The second-order valence-corrected chi connectivity index (χ2v) is 7.01. The highest BCUT2D eigenvalue weighted by atomic mass is 32.2. The Morgan fingerprint density at radius 1 is 1.24 bits per heavy atom. The van der Waals surface area contributed by atoms with Gasteiger partial charge in [0.15, 0.2) is 9.34 Å². The minimum absolute atomic E-state index is 0.0226. The molecule has 0 aliphatic carbocycles. The van der Waals surface area contributed by atoms with Crippen LogP contribution in [0.5, 0.6) is 0 Å². The van der Waals surface area contributed by atoms with Crippen molar-refractivity contribution in [1.29, 1.82) is 0 Å². The van der Waals surface area contributed by atoms with Crippen LogP contribution in [0.3, 0.4) is 0 Å². The van der Waals surface area contributed by atoms with Crippen LogP contribution >= 0.6 is 11.3 Å². The van der Waals surface area contributed by atoms with E-state index in [1.807, 2.05) is 0 Å². The Morgan fingerprint density at radius 2 is 1.81 bits per heavy atom. The predicted molar refractivity (Wildman–Crippen MR) is 73.5 cm³/mol. The molecule has 0 atom stereocenters. The number of nitrogens with one attached hydrogen (secondary N) is 1. The highest BCUT2D eigenvalue weighted by Gasteiger charge is 2.30. The fraction of sp³-hybridized carbons (Fsp3) is 0.182. The molecule has 1 aromatic carbocycles. The van der Waals surface area contributed by atoms with Crippen molar-refractivity contribution in [3.05, 3.63) is 35.5 Å². The van der Waals surface area contributed by atoms with Gasteiger partial charge in [-0.05, 0) is 31.2 Å². The largest absolute Gasteiger partial charge is 0.416 e. The lowest BCUT2D eigenvalue weighted by molar-refractivity contribution is -0.137. The molecule has 0 unspecified atom stereocenters. The monoisotopic (exact) mass is 337 g/mol. The molecule has 10 heteroatoms. The number of aromatic nitrogens is 1. The third-order valence-electron chi connectivity index (χ3n) is 2.48. The van der Waals surface area contributed by atoms with E-state index in [1.165, 1.54) is 6.92 Å². The Kier molecular flexibility index (Phi) is 3.85. The van der Waals surface area contributed by atoms with Crippen LogP contribution in [0.25, 0.3) is 0 Å². The van der Waals surface area contributed by atoms with E-state index in [0.29, 0.717) is 0 Å². The minimum atomic E-state index is -4.47. The second-order valence-electron chi connectivity index (χ2n) is 4.11. The molecule has 0 fully saturated rings. The van der Waals surface area contributed by atoms with E-state index in [9.17, 15) is 21.6 Å². The highest BCUT2D eigenvalue weighted by Crippen LogP contribution is 2.31. The predicted octanol–water partition coefficient (Wildman–Crippen LogP) is 2.85. The first-order valence-corrected chi connectivity index (χ1v) is 7.82. The Labute approximate surface area is 122 Å². The van der Waals surface area contributed by atoms with Crippen LogP contribution in [-0.4, -0.2) is 13.4 Å². The van der Waals surface area contributed by atoms with Crippen molar-refractivity contribution in [3.8, 4) is 0 Å². The lowest BCUT2D eigenvalue weighted by Crippen LogP contribution is -2.13. The number of hydrogen-bond donors (Lipinski definition) is 2. The Bertz CT molecular complexity index is 752. The fourth-order valence-electron chi connectivity index (χ4n) is 1.58. The number of aryl methyl sites for hydroxylation is 1. The van der Waals surface area contributed by atoms with Crippen LogP contribution in [0, 0.1) is 6.92 Å². The van der Waals surface area contributed by atoms with Gasteiger partial charge in [0.05, 0.1) is 11.3 Å². The van der Waals surface area contributed by atoms with Crippen LogP contribution in [0.1, 0.15) is 11.3 Å². The van der Waals surface area contributed by atoms with E-state index in [4.69, 9.17) is 5.73 Å². The molecule has 2 rings (SSSR count). The molecule has 0 saturated heterocycles. The van der Waals surface area contributed by atoms with Gasteiger partial charge in [0, 0.05) is 5.69 Å². The number of rotatable bonds is 3. The first-order chi connectivity index (χ1) is 9.59. The van der Waals surface area contributed by atoms with Gasteiger partial charge in [0.1, 0.15) is 0 Å². The van der Waals surface area contributed by atoms with E-state index < -0.39 is 21.8 Å². The molecule has 1 aromatic heterocycles. The number of thiazole rings is 1. The van der Waals surface area contributed by atoms with Crippen molar-refractivity contribution in [2.45, 2.75) is 17.3 Å². The van der Waals surface area contributed by atoms with Gasteiger partial charge >= 0.3 is 6.18 Å². The summed E-state index contributed by atoms with van der Waals surface area (Å²) in [6.45, 7) is 1.48. The maximum absolute atomic E-state index is 12.4. The average molecular weight is 337 g/mol. The number of nitrogens with two attached hydrogens (primary N) is 1. The van der Waals surface area contributed by atoms with E-state index in [1.54, 1.807) is 0 Å². The number of sulfonamides is 1. The van der Waals surface area contributed by atoms with Gasteiger partial charge in [0.25, 0.3) is 10.0 Å². The third-order valence-corrected chi connectivity index (χ3v) is 5.46. The van der Waals surface area contributed by atoms with Crippen molar-refractivity contribution in [1.82, 2.24) is 4.98 Å². The maximum Gasteiger partial charge on any atom is 0.416 e. The standard InChI is InChI=1S/C11H10F3N3O2S2/c1-6-9(20-10(15)16-6)21(18,19)17-8-4-2-7(3-5-8)11(12,13)14/h2-5,17H,1H3,(H2,15,16). The molecule has 0 aliphatic rings. The summed E-state index contributed by atoms with van der Waals surface area (Å²) in [6, 6.07) is 3.68. The molecule has 0 saturated carbocycles. The zero-order chi connectivity index (χ0) is 15.8. The number of nitrogen functional groups attached to an aromatic ring is 1. The third kappa shape index (κ3) is 3.45. The Balaban J connectivity index is 2.27. The number of halogens is 3. The normalized spacial score (nSPS) is 12.4. The average Bonchev–Trinajstić information content (AvgIpc) is 2.68. The van der Waals surface area contributed by atoms with Gasteiger partial charge < -0.3 is 5.73 Å². The molecule has 0 spiro atoms. The summed E-state index contributed by atoms with van der Waals surface area (Å²) in [4.78, 5) is 3.79. The van der Waals surface area contributed by atoms with Gasteiger partial charge in [-0.25, -0.2) is 13.4 Å². The molecule has 0 radical (unpaired) electrons. The van der Waals surface area contributed by atoms with Crippen molar-refractivity contribution in [2.24, 2.45) is 0 Å². The van der Waals surface area contributed by atoms with Gasteiger partial charge in [-0.1, -0.05) is 11.3 Å². The summed E-state index contributed by atoms with van der Waals surface area (Å²) in [5, 5.41) is 0.0975. The van der Waals surface area contributed by atoms with Gasteiger partial charge in [-0.3, -0.25) is 4.72 Å². The zero-order valence-electron chi connectivity index (χ0n) is 10.6. The molecule has 0 aliphatic heterocycles. The fourth-order valence-corrected chi connectivity index (χ4v) is 3.94. The molecular formula is C11H10F3N3O2S2. The highest BCUT2D eigenvalue weighted by molar-refractivity contribution is 7.94. The lowest BCUT2D eigenvalue weighted by atomic mass is 10.2. The Hall–Kier alpha value is -1.81. The van der Waals surface area contributed by atoms with E-state index >= 15 is 0 Å². The lowest BCUT2D eigenvalue weighted by Gasteiger charge is -2.09. The van der Waals surface area contributed by atoms with Crippen molar-refractivity contribution < 1.29 is 21.6 Å². The molecule has 1 heterocycles. The van der Waals surface area contributed by atoms with E-state index in [-0.39, 0.29) is 20.7 Å². The number of alkyl halides is 3. The molecule has 5 nitrogen and oxygen atoms in total. The number of benzene rings is 1. The van der Waals surface area contributed by atoms with E-state index in [0.717, 1.165) is 35.6 Å². The number of anilines is 2. The van der Waals surface area contributed by atoms with Gasteiger partial charge in [-0.2, -0.15) is 13.2 Å². The molecule has 3 N–H and O–H groups in total. The van der Waals surface area contributed by atoms with Crippen LogP contribution in [0.15, 0.2) is 28.5 Å². The summed E-state index contributed by atoms with van der Waals surface area (Å²) < 4.78 is 63.6. The second kappa shape index (κ2) is 5.19. The summed E-state index contributed by atoms with van der Waals surface area (Å²) >= 11 is 0.784. The van der Waals surface area contributed by atoms with Crippen LogP contribution in [-0.2, 0) is 16.2 Å². The van der Waals surface area contributed by atoms with Crippen LogP contribution in [0.2, 0.25) is 0 Å². The van der Waals surface area contributed by atoms with Crippen LogP contribution < -0.4 is 10.5 Å². The topological polar surface area (TPSA) is 85.1 Å². The SMILES string of the molecule is Cc1nc(N)sc1S(=O)(=O)Nc1ccc(C(F)(F)F)cc1. The van der Waals surface area contributed by atoms with Crippen molar-refractivity contribution in [2.75, 3.05) is 10.5 Å².